The lowest BCUT2D eigenvalue weighted by Crippen LogP contribution is -2.45. The summed E-state index contributed by atoms with van der Waals surface area (Å²) in [5.41, 5.74) is 1.46. The van der Waals surface area contributed by atoms with Crippen molar-refractivity contribution in [1.29, 1.82) is 0 Å². The minimum atomic E-state index is -0.0926. The van der Waals surface area contributed by atoms with Crippen LogP contribution >= 0.6 is 0 Å². The number of carbonyl (C=O) groups is 1. The molecule has 0 radical (unpaired) electrons. The van der Waals surface area contributed by atoms with Gasteiger partial charge in [-0.1, -0.05) is 0 Å². The molecule has 6 nitrogen and oxygen atoms in total. The van der Waals surface area contributed by atoms with Gasteiger partial charge in [-0.05, 0) is 39.1 Å². The Bertz CT molecular complexity index is 529. The number of likely N-dealkylation sites (N-methyl/N-ethyl adjacent to an activating group) is 1. The Balaban J connectivity index is 1.82. The van der Waals surface area contributed by atoms with E-state index >= 15 is 0 Å². The first-order chi connectivity index (χ1) is 11.5. The maximum atomic E-state index is 12.3. The Kier molecular flexibility index (Phi) is 6.87. The van der Waals surface area contributed by atoms with Gasteiger partial charge in [0.15, 0.2) is 0 Å². The summed E-state index contributed by atoms with van der Waals surface area (Å²) >= 11 is 0. The molecule has 6 heteroatoms. The Labute approximate surface area is 144 Å². The quantitative estimate of drug-likeness (QED) is 0.763. The number of benzene rings is 1. The van der Waals surface area contributed by atoms with Gasteiger partial charge in [-0.15, -0.1) is 0 Å². The molecule has 0 unspecified atom stereocenters. The third-order valence-electron chi connectivity index (χ3n) is 4.55. The van der Waals surface area contributed by atoms with Crippen molar-refractivity contribution in [1.82, 2.24) is 15.1 Å². The lowest BCUT2D eigenvalue weighted by Gasteiger charge is -2.32. The summed E-state index contributed by atoms with van der Waals surface area (Å²) < 4.78 is 10.6. The number of amides is 1. The fraction of sp³-hybridized carbons (Fsp3) is 0.611. The molecular weight excluding hydrogens is 306 g/mol. The number of hydrogen-bond acceptors (Lipinski definition) is 5. The summed E-state index contributed by atoms with van der Waals surface area (Å²) in [4.78, 5) is 17.1. The van der Waals surface area contributed by atoms with Gasteiger partial charge in [-0.2, -0.15) is 0 Å². The van der Waals surface area contributed by atoms with E-state index < -0.39 is 0 Å². The van der Waals surface area contributed by atoms with E-state index in [1.165, 1.54) is 0 Å². The molecule has 1 aromatic rings. The normalized spacial score (nSPS) is 16.0. The molecule has 0 aliphatic carbocycles. The van der Waals surface area contributed by atoms with Crippen LogP contribution in [-0.4, -0.2) is 76.2 Å². The van der Waals surface area contributed by atoms with E-state index in [0.29, 0.717) is 23.6 Å². The van der Waals surface area contributed by atoms with Crippen LogP contribution in [0.3, 0.4) is 0 Å². The standard InChI is InChI=1S/C18H29N3O3/c1-14-16(23-3)12-15(13-17(14)24-4)18(22)19-6-5-7-21-10-8-20(2)9-11-21/h12-13H,5-11H2,1-4H3,(H,19,22). The van der Waals surface area contributed by atoms with Crippen molar-refractivity contribution < 1.29 is 14.3 Å². The van der Waals surface area contributed by atoms with Gasteiger partial charge in [0.25, 0.3) is 5.91 Å². The van der Waals surface area contributed by atoms with Gasteiger partial charge in [-0.3, -0.25) is 4.79 Å². The molecule has 1 heterocycles. The molecule has 24 heavy (non-hydrogen) atoms. The number of hydrogen-bond donors (Lipinski definition) is 1. The van der Waals surface area contributed by atoms with Crippen LogP contribution in [0.25, 0.3) is 0 Å². The van der Waals surface area contributed by atoms with Crippen LogP contribution in [0.4, 0.5) is 0 Å². The maximum absolute atomic E-state index is 12.3. The molecule has 1 saturated heterocycles. The summed E-state index contributed by atoms with van der Waals surface area (Å²) in [5.74, 6) is 1.24. The second-order valence-corrected chi connectivity index (χ2v) is 6.26. The second-order valence-electron chi connectivity index (χ2n) is 6.26. The molecule has 1 aliphatic heterocycles. The third kappa shape index (κ3) is 4.85. The topological polar surface area (TPSA) is 54.0 Å². The Morgan fingerprint density at radius 2 is 1.71 bits per heavy atom. The molecule has 0 aromatic heterocycles. The Morgan fingerprint density at radius 3 is 2.25 bits per heavy atom. The van der Waals surface area contributed by atoms with Crippen molar-refractivity contribution in [3.63, 3.8) is 0 Å². The van der Waals surface area contributed by atoms with E-state index in [1.807, 2.05) is 6.92 Å². The van der Waals surface area contributed by atoms with Crippen molar-refractivity contribution >= 4 is 5.91 Å². The largest absolute Gasteiger partial charge is 0.496 e. The first kappa shape index (κ1) is 18.5. The van der Waals surface area contributed by atoms with Crippen molar-refractivity contribution in [3.8, 4) is 11.5 Å². The molecular formula is C18H29N3O3. The summed E-state index contributed by atoms with van der Waals surface area (Å²) in [6.45, 7) is 8.06. The van der Waals surface area contributed by atoms with Crippen molar-refractivity contribution in [3.05, 3.63) is 23.3 Å². The zero-order valence-corrected chi connectivity index (χ0v) is 15.2. The minimum absolute atomic E-state index is 0.0926. The molecule has 1 aromatic carbocycles. The molecule has 1 fully saturated rings. The molecule has 134 valence electrons. The summed E-state index contributed by atoms with van der Waals surface area (Å²) in [6, 6.07) is 3.52. The molecule has 2 rings (SSSR count). The zero-order valence-electron chi connectivity index (χ0n) is 15.2. The third-order valence-corrected chi connectivity index (χ3v) is 4.55. The van der Waals surface area contributed by atoms with Gasteiger partial charge >= 0.3 is 0 Å². The molecule has 0 atom stereocenters. The van der Waals surface area contributed by atoms with Crippen LogP contribution in [0.5, 0.6) is 11.5 Å². The number of nitrogens with one attached hydrogen (secondary N) is 1. The highest BCUT2D eigenvalue weighted by atomic mass is 16.5. The number of methoxy groups -OCH3 is 2. The Hall–Kier alpha value is -1.79. The summed E-state index contributed by atoms with van der Waals surface area (Å²) in [5, 5.41) is 2.98. The van der Waals surface area contributed by atoms with Gasteiger partial charge in [0.1, 0.15) is 11.5 Å². The fourth-order valence-corrected chi connectivity index (χ4v) is 2.90. The van der Waals surface area contributed by atoms with Crippen LogP contribution in [0, 0.1) is 6.92 Å². The maximum Gasteiger partial charge on any atom is 0.251 e. The Morgan fingerprint density at radius 1 is 1.12 bits per heavy atom. The van der Waals surface area contributed by atoms with E-state index in [1.54, 1.807) is 26.4 Å². The first-order valence-electron chi connectivity index (χ1n) is 8.47. The number of piperazine rings is 1. The van der Waals surface area contributed by atoms with E-state index in [9.17, 15) is 4.79 Å². The molecule has 1 N–H and O–H groups in total. The van der Waals surface area contributed by atoms with E-state index in [0.717, 1.165) is 44.7 Å². The predicted molar refractivity (Wildman–Crippen MR) is 95.2 cm³/mol. The number of nitrogens with zero attached hydrogens (tertiary/aromatic N) is 2. The number of carbonyl (C=O) groups excluding carboxylic acids is 1. The minimum Gasteiger partial charge on any atom is -0.496 e. The monoisotopic (exact) mass is 335 g/mol. The van der Waals surface area contributed by atoms with Gasteiger partial charge in [-0.25, -0.2) is 0 Å². The molecule has 0 saturated carbocycles. The van der Waals surface area contributed by atoms with Gasteiger partial charge < -0.3 is 24.6 Å². The first-order valence-corrected chi connectivity index (χ1v) is 8.47. The number of rotatable bonds is 7. The average molecular weight is 335 g/mol. The van der Waals surface area contributed by atoms with Crippen LogP contribution in [0.2, 0.25) is 0 Å². The van der Waals surface area contributed by atoms with Crippen LogP contribution < -0.4 is 14.8 Å². The molecule has 0 bridgehead atoms. The second kappa shape index (κ2) is 8.89. The van der Waals surface area contributed by atoms with Gasteiger partial charge in [0.05, 0.1) is 14.2 Å². The number of ether oxygens (including phenoxy) is 2. The highest BCUT2D eigenvalue weighted by Gasteiger charge is 2.15. The average Bonchev–Trinajstić information content (AvgIpc) is 2.60. The smallest absolute Gasteiger partial charge is 0.251 e. The lowest BCUT2D eigenvalue weighted by molar-refractivity contribution is 0.0948. The summed E-state index contributed by atoms with van der Waals surface area (Å²) in [7, 11) is 5.35. The van der Waals surface area contributed by atoms with Crippen molar-refractivity contribution in [2.45, 2.75) is 13.3 Å². The zero-order chi connectivity index (χ0) is 17.5. The highest BCUT2D eigenvalue weighted by molar-refractivity contribution is 5.95. The van der Waals surface area contributed by atoms with Gasteiger partial charge in [0.2, 0.25) is 0 Å². The van der Waals surface area contributed by atoms with E-state index in [2.05, 4.69) is 22.2 Å². The SMILES string of the molecule is COc1cc(C(=O)NCCCN2CCN(C)CC2)cc(OC)c1C. The van der Waals surface area contributed by atoms with Gasteiger partial charge in [0, 0.05) is 43.9 Å². The summed E-state index contributed by atoms with van der Waals surface area (Å²) in [6.07, 6.45) is 0.954. The van der Waals surface area contributed by atoms with Crippen LogP contribution in [0.15, 0.2) is 12.1 Å². The van der Waals surface area contributed by atoms with Crippen molar-refractivity contribution in [2.75, 3.05) is 60.5 Å². The lowest BCUT2D eigenvalue weighted by atomic mass is 10.1. The predicted octanol–water partition coefficient (Wildman–Crippen LogP) is 1.38. The van der Waals surface area contributed by atoms with Crippen LogP contribution in [-0.2, 0) is 0 Å². The van der Waals surface area contributed by atoms with Crippen LogP contribution in [0.1, 0.15) is 22.3 Å². The van der Waals surface area contributed by atoms with E-state index in [-0.39, 0.29) is 5.91 Å². The molecule has 0 spiro atoms. The van der Waals surface area contributed by atoms with E-state index in [4.69, 9.17) is 9.47 Å². The molecule has 1 aliphatic rings. The fourth-order valence-electron chi connectivity index (χ4n) is 2.90. The van der Waals surface area contributed by atoms with Crippen molar-refractivity contribution in [2.24, 2.45) is 0 Å². The highest BCUT2D eigenvalue weighted by Crippen LogP contribution is 2.29. The molecule has 1 amide bonds.